The van der Waals surface area contributed by atoms with Crippen molar-refractivity contribution in [3.05, 3.63) is 35.2 Å². The van der Waals surface area contributed by atoms with Gasteiger partial charge in [-0.1, -0.05) is 18.2 Å². The van der Waals surface area contributed by atoms with E-state index in [0.29, 0.717) is 38.9 Å². The average molecular weight is 334 g/mol. The van der Waals surface area contributed by atoms with E-state index in [2.05, 4.69) is 23.5 Å². The summed E-state index contributed by atoms with van der Waals surface area (Å²) in [6.45, 7) is 1.35. The number of urea groups is 1. The number of carbonyl (C=O) groups is 1. The topological polar surface area (TPSA) is 72.8 Å². The molecular weight excluding hydrogens is 312 g/mol. The van der Waals surface area contributed by atoms with Crippen molar-refractivity contribution in [2.24, 2.45) is 0 Å². The lowest BCUT2D eigenvalue weighted by Crippen LogP contribution is -2.41. The highest BCUT2D eigenvalue weighted by Crippen LogP contribution is 2.25. The highest BCUT2D eigenvalue weighted by atomic mass is 32.1. The maximum absolute atomic E-state index is 12.3. The van der Waals surface area contributed by atoms with Crippen molar-refractivity contribution in [3.63, 3.8) is 0 Å². The minimum Gasteiger partial charge on any atom is -0.393 e. The van der Waals surface area contributed by atoms with Crippen LogP contribution < -0.4 is 5.32 Å². The maximum Gasteiger partial charge on any atom is 0.317 e. The third kappa shape index (κ3) is 3.83. The van der Waals surface area contributed by atoms with Crippen LogP contribution in [0, 0.1) is 0 Å². The molecule has 3 N–H and O–H groups in total. The van der Waals surface area contributed by atoms with Gasteiger partial charge in [0.25, 0.3) is 0 Å². The molecule has 1 aromatic carbocycles. The van der Waals surface area contributed by atoms with Crippen molar-refractivity contribution in [2.45, 2.75) is 31.4 Å². The van der Waals surface area contributed by atoms with Crippen LogP contribution in [0.15, 0.2) is 30.3 Å². The van der Waals surface area contributed by atoms with E-state index in [0.717, 1.165) is 4.88 Å². The average Bonchev–Trinajstić information content (AvgIpc) is 2.88. The van der Waals surface area contributed by atoms with Crippen molar-refractivity contribution in [3.8, 4) is 0 Å². The number of carbonyl (C=O) groups excluding carboxylic acids is 1. The van der Waals surface area contributed by atoms with Gasteiger partial charge in [-0.25, -0.2) is 4.79 Å². The minimum absolute atomic E-state index is 0.107. The smallest absolute Gasteiger partial charge is 0.317 e. The van der Waals surface area contributed by atoms with E-state index in [-0.39, 0.29) is 12.6 Å². The van der Waals surface area contributed by atoms with Gasteiger partial charge in [-0.2, -0.15) is 0 Å². The fraction of sp³-hybridized carbons (Fsp3) is 0.471. The van der Waals surface area contributed by atoms with E-state index < -0.39 is 5.60 Å². The van der Waals surface area contributed by atoms with Gasteiger partial charge in [-0.15, -0.1) is 11.3 Å². The number of hydrogen-bond acceptors (Lipinski definition) is 4. The second kappa shape index (κ2) is 6.86. The number of nitrogens with zero attached hydrogens (tertiary/aromatic N) is 1. The zero-order chi connectivity index (χ0) is 16.3. The number of thiophene rings is 1. The highest BCUT2D eigenvalue weighted by Gasteiger charge is 2.30. The standard InChI is InChI=1S/C17H22N2O3S/c20-12-17(22)6-3-8-19(9-7-17)16(21)18-11-14-10-13-4-1-2-5-15(13)23-14/h1-2,4-5,10,20,22H,3,6-9,11-12H2,(H,18,21)/t17-/m0/s1. The monoisotopic (exact) mass is 334 g/mol. The van der Waals surface area contributed by atoms with Crippen molar-refractivity contribution >= 4 is 27.5 Å². The van der Waals surface area contributed by atoms with Crippen molar-refractivity contribution < 1.29 is 15.0 Å². The van der Waals surface area contributed by atoms with Crippen LogP contribution in [0.25, 0.3) is 10.1 Å². The number of amides is 2. The number of fused-ring (bicyclic) bond motifs is 1. The lowest BCUT2D eigenvalue weighted by molar-refractivity contribution is -0.0248. The number of hydrogen-bond donors (Lipinski definition) is 3. The van der Waals surface area contributed by atoms with Crippen LogP contribution in [0.5, 0.6) is 0 Å². The van der Waals surface area contributed by atoms with E-state index in [1.54, 1.807) is 16.2 Å². The Morgan fingerprint density at radius 3 is 2.91 bits per heavy atom. The second-order valence-corrected chi connectivity index (χ2v) is 7.30. The summed E-state index contributed by atoms with van der Waals surface area (Å²) in [5.74, 6) is 0. The summed E-state index contributed by atoms with van der Waals surface area (Å²) in [4.78, 5) is 15.2. The number of aliphatic hydroxyl groups is 2. The first-order valence-electron chi connectivity index (χ1n) is 7.93. The van der Waals surface area contributed by atoms with Gasteiger partial charge in [-0.05, 0) is 36.8 Å². The summed E-state index contributed by atoms with van der Waals surface area (Å²) >= 11 is 1.69. The number of rotatable bonds is 3. The molecule has 1 aliphatic heterocycles. The quantitative estimate of drug-likeness (QED) is 0.806. The molecule has 1 aromatic heterocycles. The molecule has 0 saturated carbocycles. The summed E-state index contributed by atoms with van der Waals surface area (Å²) < 4.78 is 1.22. The number of aliphatic hydroxyl groups excluding tert-OH is 1. The number of benzene rings is 1. The second-order valence-electron chi connectivity index (χ2n) is 6.13. The fourth-order valence-corrected chi connectivity index (χ4v) is 3.94. The normalized spacial score (nSPS) is 22.1. The Bertz CT molecular complexity index is 654. The van der Waals surface area contributed by atoms with Gasteiger partial charge in [0.15, 0.2) is 0 Å². The van der Waals surface area contributed by atoms with Crippen LogP contribution in [0.4, 0.5) is 4.79 Å². The molecule has 2 aromatic rings. The SMILES string of the molecule is O=C(NCc1cc2ccccc2s1)N1CCC[C@@](O)(CO)CC1. The van der Waals surface area contributed by atoms with Gasteiger partial charge in [0.05, 0.1) is 18.8 Å². The van der Waals surface area contributed by atoms with E-state index in [1.807, 2.05) is 12.1 Å². The fourth-order valence-electron chi connectivity index (χ4n) is 2.94. The molecule has 2 amide bonds. The van der Waals surface area contributed by atoms with Crippen LogP contribution in [0.1, 0.15) is 24.1 Å². The Hall–Kier alpha value is -1.63. The van der Waals surface area contributed by atoms with Crippen molar-refractivity contribution in [2.75, 3.05) is 19.7 Å². The molecule has 23 heavy (non-hydrogen) atoms. The number of likely N-dealkylation sites (tertiary alicyclic amines) is 1. The summed E-state index contributed by atoms with van der Waals surface area (Å²) in [5, 5.41) is 23.5. The first-order chi connectivity index (χ1) is 11.1. The summed E-state index contributed by atoms with van der Waals surface area (Å²) in [5.41, 5.74) is -1.04. The molecule has 0 radical (unpaired) electrons. The van der Waals surface area contributed by atoms with Crippen LogP contribution in [-0.4, -0.2) is 46.4 Å². The van der Waals surface area contributed by atoms with E-state index in [4.69, 9.17) is 0 Å². The number of nitrogens with one attached hydrogen (secondary N) is 1. The lowest BCUT2D eigenvalue weighted by atomic mass is 9.96. The molecule has 0 spiro atoms. The zero-order valence-corrected chi connectivity index (χ0v) is 13.8. The molecule has 5 nitrogen and oxygen atoms in total. The first kappa shape index (κ1) is 16.2. The molecule has 124 valence electrons. The van der Waals surface area contributed by atoms with E-state index >= 15 is 0 Å². The molecule has 6 heteroatoms. The Kier molecular flexibility index (Phi) is 4.84. The van der Waals surface area contributed by atoms with Gasteiger partial charge >= 0.3 is 6.03 Å². The molecule has 3 rings (SSSR count). The Morgan fingerprint density at radius 2 is 2.13 bits per heavy atom. The Balaban J connectivity index is 1.56. The van der Waals surface area contributed by atoms with E-state index in [1.165, 1.54) is 10.1 Å². The molecule has 0 unspecified atom stereocenters. The van der Waals surface area contributed by atoms with Crippen LogP contribution in [0.2, 0.25) is 0 Å². The summed E-state index contributed by atoms with van der Waals surface area (Å²) in [6, 6.07) is 10.2. The van der Waals surface area contributed by atoms with Crippen LogP contribution in [-0.2, 0) is 6.54 Å². The third-order valence-corrected chi connectivity index (χ3v) is 5.51. The van der Waals surface area contributed by atoms with Crippen LogP contribution >= 0.6 is 11.3 Å². The zero-order valence-electron chi connectivity index (χ0n) is 13.0. The Morgan fingerprint density at radius 1 is 1.30 bits per heavy atom. The lowest BCUT2D eigenvalue weighted by Gasteiger charge is -2.24. The molecule has 2 heterocycles. The molecule has 0 bridgehead atoms. The predicted octanol–water partition coefficient (Wildman–Crippen LogP) is 2.32. The molecular formula is C17H22N2O3S. The maximum atomic E-state index is 12.3. The predicted molar refractivity (Wildman–Crippen MR) is 91.5 cm³/mol. The van der Waals surface area contributed by atoms with Gasteiger partial charge in [0.2, 0.25) is 0 Å². The van der Waals surface area contributed by atoms with Crippen molar-refractivity contribution in [1.82, 2.24) is 10.2 Å². The molecule has 1 atom stereocenters. The summed E-state index contributed by atoms with van der Waals surface area (Å²) in [6.07, 6.45) is 1.65. The largest absolute Gasteiger partial charge is 0.393 e. The van der Waals surface area contributed by atoms with Crippen LogP contribution in [0.3, 0.4) is 0 Å². The van der Waals surface area contributed by atoms with Crippen molar-refractivity contribution in [1.29, 1.82) is 0 Å². The van der Waals surface area contributed by atoms with Gasteiger partial charge in [0, 0.05) is 22.7 Å². The molecule has 1 aliphatic rings. The van der Waals surface area contributed by atoms with Gasteiger partial charge in [-0.3, -0.25) is 0 Å². The highest BCUT2D eigenvalue weighted by molar-refractivity contribution is 7.19. The first-order valence-corrected chi connectivity index (χ1v) is 8.75. The van der Waals surface area contributed by atoms with Gasteiger partial charge < -0.3 is 20.4 Å². The van der Waals surface area contributed by atoms with Gasteiger partial charge in [0.1, 0.15) is 0 Å². The molecule has 0 aliphatic carbocycles. The summed E-state index contributed by atoms with van der Waals surface area (Å²) in [7, 11) is 0. The molecule has 1 fully saturated rings. The van der Waals surface area contributed by atoms with E-state index in [9.17, 15) is 15.0 Å². The minimum atomic E-state index is -1.04. The molecule has 1 saturated heterocycles. The third-order valence-electron chi connectivity index (χ3n) is 4.39. The Labute approximate surface area is 139 Å².